The Morgan fingerprint density at radius 2 is 1.76 bits per heavy atom. The predicted molar refractivity (Wildman–Crippen MR) is 145 cm³/mol. The van der Waals surface area contributed by atoms with E-state index >= 15 is 0 Å². The van der Waals surface area contributed by atoms with Gasteiger partial charge in [-0.05, 0) is 44.4 Å². The van der Waals surface area contributed by atoms with Crippen LogP contribution in [0, 0.1) is 0 Å². The van der Waals surface area contributed by atoms with Crippen molar-refractivity contribution in [3.63, 3.8) is 0 Å². The molecule has 1 fully saturated rings. The molecule has 2 aromatic rings. The normalized spacial score (nSPS) is 16.3. The maximum Gasteiger partial charge on any atom is 0.195 e. The van der Waals surface area contributed by atoms with Crippen molar-refractivity contribution in [1.82, 2.24) is 10.6 Å². The largest absolute Gasteiger partial charge is 0.493 e. The highest BCUT2D eigenvalue weighted by Crippen LogP contribution is 2.30. The molecule has 1 heterocycles. The molecule has 1 aliphatic rings. The van der Waals surface area contributed by atoms with E-state index in [0.29, 0.717) is 18.0 Å². The fourth-order valence-corrected chi connectivity index (χ4v) is 3.98. The maximum absolute atomic E-state index is 5.66. The number of rotatable bonds is 9. The zero-order valence-corrected chi connectivity index (χ0v) is 22.3. The smallest absolute Gasteiger partial charge is 0.195 e. The lowest BCUT2D eigenvalue weighted by Gasteiger charge is -2.39. The fraction of sp³-hybridized carbons (Fsp3) is 0.480. The van der Waals surface area contributed by atoms with Crippen molar-refractivity contribution < 1.29 is 14.2 Å². The second kappa shape index (κ2) is 13.6. The lowest BCUT2D eigenvalue weighted by molar-refractivity contribution is 0.0375. The first-order valence-electron chi connectivity index (χ1n) is 11.3. The Morgan fingerprint density at radius 3 is 2.39 bits per heavy atom. The molecule has 8 heteroatoms. The second-order valence-electron chi connectivity index (χ2n) is 8.06. The van der Waals surface area contributed by atoms with Crippen LogP contribution in [0.25, 0.3) is 0 Å². The van der Waals surface area contributed by atoms with Crippen LogP contribution in [0.4, 0.5) is 5.69 Å². The van der Waals surface area contributed by atoms with Crippen molar-refractivity contribution in [3.05, 3.63) is 54.1 Å². The molecule has 3 rings (SSSR count). The van der Waals surface area contributed by atoms with Crippen molar-refractivity contribution >= 4 is 35.6 Å². The van der Waals surface area contributed by atoms with Gasteiger partial charge >= 0.3 is 0 Å². The molecule has 33 heavy (non-hydrogen) atoms. The molecule has 0 spiro atoms. The van der Waals surface area contributed by atoms with Crippen molar-refractivity contribution in [3.8, 4) is 11.5 Å². The molecule has 0 amide bonds. The third-order valence-corrected chi connectivity index (χ3v) is 5.80. The first-order chi connectivity index (χ1) is 15.6. The first kappa shape index (κ1) is 27.2. The van der Waals surface area contributed by atoms with Crippen LogP contribution < -0.4 is 25.4 Å². The van der Waals surface area contributed by atoms with E-state index in [4.69, 9.17) is 19.2 Å². The maximum atomic E-state index is 5.66. The number of nitrogens with one attached hydrogen (secondary N) is 3. The van der Waals surface area contributed by atoms with Crippen LogP contribution in [0.5, 0.6) is 11.5 Å². The molecule has 1 aliphatic heterocycles. The van der Waals surface area contributed by atoms with Crippen molar-refractivity contribution in [2.75, 3.05) is 45.8 Å². The molecular weight excluding hydrogens is 531 g/mol. The highest BCUT2D eigenvalue weighted by Gasteiger charge is 2.34. The van der Waals surface area contributed by atoms with Gasteiger partial charge in [0, 0.05) is 43.1 Å². The third kappa shape index (κ3) is 7.75. The summed E-state index contributed by atoms with van der Waals surface area (Å²) in [6.07, 6.45) is 1.84. The molecular formula is C25H37IN4O3. The summed E-state index contributed by atoms with van der Waals surface area (Å²) in [6, 6.07) is 16.5. The minimum atomic E-state index is -0.118. The minimum absolute atomic E-state index is 0. The second-order valence-corrected chi connectivity index (χ2v) is 8.06. The summed E-state index contributed by atoms with van der Waals surface area (Å²) < 4.78 is 16.4. The van der Waals surface area contributed by atoms with E-state index in [1.54, 1.807) is 14.2 Å². The van der Waals surface area contributed by atoms with Crippen molar-refractivity contribution in [1.29, 1.82) is 0 Å². The number of hydrogen-bond donors (Lipinski definition) is 3. The van der Waals surface area contributed by atoms with Crippen molar-refractivity contribution in [2.45, 2.75) is 38.3 Å². The summed E-state index contributed by atoms with van der Waals surface area (Å²) in [4.78, 5) is 4.95. The molecule has 1 saturated heterocycles. The van der Waals surface area contributed by atoms with Gasteiger partial charge in [0.1, 0.15) is 0 Å². The summed E-state index contributed by atoms with van der Waals surface area (Å²) >= 11 is 0. The van der Waals surface area contributed by atoms with Gasteiger partial charge in [-0.15, -0.1) is 24.0 Å². The van der Waals surface area contributed by atoms with Crippen LogP contribution >= 0.6 is 24.0 Å². The lowest BCUT2D eigenvalue weighted by atomic mass is 9.88. The Morgan fingerprint density at radius 1 is 1.06 bits per heavy atom. The molecule has 0 radical (unpaired) electrons. The Balaban J connectivity index is 0.00000385. The minimum Gasteiger partial charge on any atom is -0.493 e. The van der Waals surface area contributed by atoms with Crippen LogP contribution in [-0.4, -0.2) is 52.0 Å². The van der Waals surface area contributed by atoms with E-state index in [9.17, 15) is 0 Å². The van der Waals surface area contributed by atoms with E-state index in [-0.39, 0.29) is 35.6 Å². The number of anilines is 1. The first-order valence-corrected chi connectivity index (χ1v) is 11.3. The van der Waals surface area contributed by atoms with Gasteiger partial charge in [0.25, 0.3) is 0 Å². The fourth-order valence-electron chi connectivity index (χ4n) is 3.98. The van der Waals surface area contributed by atoms with Gasteiger partial charge in [-0.3, -0.25) is 4.99 Å². The topological polar surface area (TPSA) is 76.1 Å². The Kier molecular flexibility index (Phi) is 11.2. The SMILES string of the molecule is CCNC(=NCC1(NC(C)c2ccccc2)CCOCC1)Nc1ccc(OC)c(OC)c1.I. The molecule has 0 saturated carbocycles. The summed E-state index contributed by atoms with van der Waals surface area (Å²) in [6.45, 7) is 7.17. The van der Waals surface area contributed by atoms with Gasteiger partial charge in [0.2, 0.25) is 0 Å². The summed E-state index contributed by atoms with van der Waals surface area (Å²) in [5, 5.41) is 10.6. The Labute approximate surface area is 214 Å². The molecule has 2 aromatic carbocycles. The zero-order chi connectivity index (χ0) is 22.8. The van der Waals surface area contributed by atoms with E-state index < -0.39 is 0 Å². The number of hydrogen-bond acceptors (Lipinski definition) is 5. The number of benzene rings is 2. The Hall–Kier alpha value is -2.04. The van der Waals surface area contributed by atoms with Crippen LogP contribution in [0.3, 0.4) is 0 Å². The van der Waals surface area contributed by atoms with Crippen LogP contribution in [0.1, 0.15) is 38.3 Å². The average molecular weight is 569 g/mol. The Bertz CT molecular complexity index is 873. The number of ether oxygens (including phenoxy) is 3. The summed E-state index contributed by atoms with van der Waals surface area (Å²) in [5.74, 6) is 2.10. The quantitative estimate of drug-likeness (QED) is 0.233. The molecule has 1 atom stereocenters. The van der Waals surface area contributed by atoms with E-state index in [1.165, 1.54) is 5.56 Å². The summed E-state index contributed by atoms with van der Waals surface area (Å²) in [7, 11) is 3.27. The molecule has 0 aliphatic carbocycles. The number of methoxy groups -OCH3 is 2. The molecule has 0 aromatic heterocycles. The number of guanidine groups is 1. The molecule has 1 unspecified atom stereocenters. The number of aliphatic imine (C=N–C) groups is 1. The number of halogens is 1. The lowest BCUT2D eigenvalue weighted by Crippen LogP contribution is -2.53. The van der Waals surface area contributed by atoms with Crippen LogP contribution in [-0.2, 0) is 4.74 Å². The van der Waals surface area contributed by atoms with Gasteiger partial charge < -0.3 is 30.2 Å². The molecule has 3 N–H and O–H groups in total. The average Bonchev–Trinajstić information content (AvgIpc) is 2.83. The molecule has 182 valence electrons. The van der Waals surface area contributed by atoms with Crippen LogP contribution in [0.2, 0.25) is 0 Å². The van der Waals surface area contributed by atoms with E-state index in [1.807, 2.05) is 24.3 Å². The van der Waals surface area contributed by atoms with Crippen molar-refractivity contribution in [2.24, 2.45) is 4.99 Å². The van der Waals surface area contributed by atoms with Crippen LogP contribution in [0.15, 0.2) is 53.5 Å². The highest BCUT2D eigenvalue weighted by molar-refractivity contribution is 14.0. The van der Waals surface area contributed by atoms with Gasteiger partial charge in [0.15, 0.2) is 17.5 Å². The predicted octanol–water partition coefficient (Wildman–Crippen LogP) is 4.60. The third-order valence-electron chi connectivity index (χ3n) is 5.80. The van der Waals surface area contributed by atoms with E-state index in [0.717, 1.165) is 44.2 Å². The molecule has 7 nitrogen and oxygen atoms in total. The van der Waals surface area contributed by atoms with Gasteiger partial charge in [-0.25, -0.2) is 0 Å². The van der Waals surface area contributed by atoms with E-state index in [2.05, 4.69) is 54.1 Å². The standard InChI is InChI=1S/C25H36N4O3.HI/c1-5-26-24(28-21-11-12-22(30-3)23(17-21)31-4)27-18-25(13-15-32-16-14-25)29-19(2)20-9-7-6-8-10-20;/h6-12,17,19,29H,5,13-16,18H2,1-4H3,(H2,26,27,28);1H. The highest BCUT2D eigenvalue weighted by atomic mass is 127. The summed E-state index contributed by atoms with van der Waals surface area (Å²) in [5.41, 5.74) is 2.04. The number of nitrogens with zero attached hydrogens (tertiary/aromatic N) is 1. The monoisotopic (exact) mass is 568 g/mol. The van der Waals surface area contributed by atoms with Gasteiger partial charge in [-0.2, -0.15) is 0 Å². The molecule has 0 bridgehead atoms. The van der Waals surface area contributed by atoms with Gasteiger partial charge in [-0.1, -0.05) is 30.3 Å². The zero-order valence-electron chi connectivity index (χ0n) is 20.0. The van der Waals surface area contributed by atoms with Gasteiger partial charge in [0.05, 0.1) is 20.8 Å².